The Morgan fingerprint density at radius 2 is 1.40 bits per heavy atom. The van der Waals surface area contributed by atoms with Gasteiger partial charge in [-0.15, -0.1) is 0 Å². The lowest BCUT2D eigenvalue weighted by molar-refractivity contribution is -0.140. The van der Waals surface area contributed by atoms with Gasteiger partial charge in [0.25, 0.3) is 10.0 Å². The first-order valence-corrected chi connectivity index (χ1v) is 16.6. The Hall–Kier alpha value is -4.14. The van der Waals surface area contributed by atoms with Crippen molar-refractivity contribution in [2.45, 2.75) is 64.1 Å². The molecule has 0 aromatic heterocycles. The number of benzene rings is 4. The number of aryl methyl sites for hydroxylation is 2. The Morgan fingerprint density at radius 1 is 0.800 bits per heavy atom. The molecule has 1 atom stereocenters. The van der Waals surface area contributed by atoms with E-state index in [1.807, 2.05) is 89.2 Å². The Balaban J connectivity index is 1.81. The molecular weight excluding hydrogens is 606 g/mol. The van der Waals surface area contributed by atoms with Crippen LogP contribution in [0.1, 0.15) is 43.0 Å². The SMILES string of the molecule is Cc1ccc(CN(C(=O)CN(c2cccc(Cl)c2)S(=O)(=O)c2ccc(C)cc2)[C@@H](Cc2ccccc2)C(=O)NC(C)(C)C)cc1. The van der Waals surface area contributed by atoms with E-state index in [1.165, 1.54) is 23.1 Å². The molecule has 0 heterocycles. The van der Waals surface area contributed by atoms with E-state index >= 15 is 0 Å². The average molecular weight is 646 g/mol. The van der Waals surface area contributed by atoms with E-state index in [0.29, 0.717) is 5.02 Å². The van der Waals surface area contributed by atoms with Gasteiger partial charge in [-0.3, -0.25) is 13.9 Å². The number of carbonyl (C=O) groups is 2. The molecule has 0 spiro atoms. The van der Waals surface area contributed by atoms with E-state index in [9.17, 15) is 18.0 Å². The standard InChI is InChI=1S/C36H40ClN3O4S/c1-26-14-18-29(19-15-26)24-39(33(35(42)38-36(3,4)5)22-28-10-7-6-8-11-28)34(41)25-40(31-13-9-12-30(37)23-31)45(43,44)32-20-16-27(2)17-21-32/h6-21,23,33H,22,24-25H2,1-5H3,(H,38,42)/t33-/m0/s1. The third kappa shape index (κ3) is 9.19. The summed E-state index contributed by atoms with van der Waals surface area (Å²) in [6, 6.07) is 29.1. The van der Waals surface area contributed by atoms with Crippen molar-refractivity contribution in [1.82, 2.24) is 10.2 Å². The molecule has 1 N–H and O–H groups in total. The summed E-state index contributed by atoms with van der Waals surface area (Å²) in [5.41, 5.74) is 3.31. The molecule has 0 aliphatic heterocycles. The Labute approximate surface area is 271 Å². The minimum Gasteiger partial charge on any atom is -0.350 e. The van der Waals surface area contributed by atoms with Crippen molar-refractivity contribution in [2.75, 3.05) is 10.8 Å². The van der Waals surface area contributed by atoms with Gasteiger partial charge in [0.15, 0.2) is 0 Å². The number of nitrogens with zero attached hydrogens (tertiary/aromatic N) is 2. The largest absolute Gasteiger partial charge is 0.350 e. The van der Waals surface area contributed by atoms with Crippen molar-refractivity contribution < 1.29 is 18.0 Å². The maximum absolute atomic E-state index is 14.5. The molecule has 4 aromatic rings. The quantitative estimate of drug-likeness (QED) is 0.197. The van der Waals surface area contributed by atoms with E-state index in [0.717, 1.165) is 26.6 Å². The van der Waals surface area contributed by atoms with E-state index in [4.69, 9.17) is 11.6 Å². The molecule has 9 heteroatoms. The van der Waals surface area contributed by atoms with Gasteiger partial charge in [-0.2, -0.15) is 0 Å². The fourth-order valence-corrected chi connectivity index (χ4v) is 6.49. The van der Waals surface area contributed by atoms with Crippen LogP contribution in [0.15, 0.2) is 108 Å². The van der Waals surface area contributed by atoms with E-state index < -0.39 is 34.1 Å². The summed E-state index contributed by atoms with van der Waals surface area (Å²) >= 11 is 6.30. The zero-order chi connectivity index (χ0) is 32.8. The second-order valence-corrected chi connectivity index (χ2v) is 14.6. The van der Waals surface area contributed by atoms with Gasteiger partial charge in [-0.1, -0.05) is 95.5 Å². The van der Waals surface area contributed by atoms with Crippen LogP contribution in [-0.2, 0) is 32.6 Å². The second kappa shape index (κ2) is 14.3. The van der Waals surface area contributed by atoms with Crippen LogP contribution in [0, 0.1) is 13.8 Å². The number of sulfonamides is 1. The van der Waals surface area contributed by atoms with E-state index in [-0.39, 0.29) is 29.5 Å². The van der Waals surface area contributed by atoms with Gasteiger partial charge in [0.05, 0.1) is 10.6 Å². The lowest BCUT2D eigenvalue weighted by atomic mass is 10.0. The molecule has 0 saturated carbocycles. The molecule has 0 radical (unpaired) electrons. The molecule has 0 saturated heterocycles. The van der Waals surface area contributed by atoms with Crippen molar-refractivity contribution in [2.24, 2.45) is 0 Å². The minimum absolute atomic E-state index is 0.0391. The summed E-state index contributed by atoms with van der Waals surface area (Å²) in [7, 11) is -4.20. The predicted molar refractivity (Wildman–Crippen MR) is 181 cm³/mol. The molecule has 0 bridgehead atoms. The molecule has 7 nitrogen and oxygen atoms in total. The van der Waals surface area contributed by atoms with Crippen molar-refractivity contribution in [3.8, 4) is 0 Å². The summed E-state index contributed by atoms with van der Waals surface area (Å²) < 4.78 is 29.3. The highest BCUT2D eigenvalue weighted by Gasteiger charge is 2.35. The van der Waals surface area contributed by atoms with Crippen molar-refractivity contribution in [3.63, 3.8) is 0 Å². The summed E-state index contributed by atoms with van der Waals surface area (Å²) in [6.07, 6.45) is 0.238. The van der Waals surface area contributed by atoms with Crippen LogP contribution in [-0.4, -0.2) is 43.3 Å². The number of halogens is 1. The zero-order valence-corrected chi connectivity index (χ0v) is 27.9. The molecule has 0 fully saturated rings. The number of nitrogens with one attached hydrogen (secondary N) is 1. The van der Waals surface area contributed by atoms with Crippen LogP contribution in [0.25, 0.3) is 0 Å². The summed E-state index contributed by atoms with van der Waals surface area (Å²) in [4.78, 5) is 30.0. The maximum Gasteiger partial charge on any atom is 0.264 e. The lowest BCUT2D eigenvalue weighted by Crippen LogP contribution is -2.56. The highest BCUT2D eigenvalue weighted by atomic mass is 35.5. The van der Waals surface area contributed by atoms with Gasteiger partial charge in [0.1, 0.15) is 12.6 Å². The Morgan fingerprint density at radius 3 is 1.98 bits per heavy atom. The second-order valence-electron chi connectivity index (χ2n) is 12.3. The van der Waals surface area contributed by atoms with Crippen LogP contribution >= 0.6 is 11.6 Å². The average Bonchev–Trinajstić information content (AvgIpc) is 2.98. The summed E-state index contributed by atoms with van der Waals surface area (Å²) in [5, 5.41) is 3.37. The molecule has 236 valence electrons. The highest BCUT2D eigenvalue weighted by Crippen LogP contribution is 2.27. The van der Waals surface area contributed by atoms with Crippen LogP contribution in [0.3, 0.4) is 0 Å². The third-order valence-corrected chi connectivity index (χ3v) is 9.25. The number of hydrogen-bond acceptors (Lipinski definition) is 4. The lowest BCUT2D eigenvalue weighted by Gasteiger charge is -2.35. The van der Waals surface area contributed by atoms with Gasteiger partial charge in [-0.25, -0.2) is 8.42 Å². The molecule has 4 rings (SSSR count). The van der Waals surface area contributed by atoms with E-state index in [2.05, 4.69) is 5.32 Å². The van der Waals surface area contributed by atoms with Gasteiger partial charge in [0.2, 0.25) is 11.8 Å². The fourth-order valence-electron chi connectivity index (χ4n) is 4.89. The minimum atomic E-state index is -4.20. The van der Waals surface area contributed by atoms with Crippen LogP contribution in [0.2, 0.25) is 5.02 Å². The van der Waals surface area contributed by atoms with Crippen molar-refractivity contribution in [1.29, 1.82) is 0 Å². The molecular formula is C36H40ClN3O4S. The van der Waals surface area contributed by atoms with Crippen molar-refractivity contribution >= 4 is 39.1 Å². The maximum atomic E-state index is 14.5. The fraction of sp³-hybridized carbons (Fsp3) is 0.278. The van der Waals surface area contributed by atoms with Crippen LogP contribution in [0.4, 0.5) is 5.69 Å². The van der Waals surface area contributed by atoms with Gasteiger partial charge >= 0.3 is 0 Å². The van der Waals surface area contributed by atoms with Gasteiger partial charge in [0, 0.05) is 23.5 Å². The first-order valence-electron chi connectivity index (χ1n) is 14.8. The summed E-state index contributed by atoms with van der Waals surface area (Å²) in [5.74, 6) is -0.862. The number of amides is 2. The molecule has 4 aromatic carbocycles. The Bertz CT molecular complexity index is 1720. The molecule has 0 aliphatic rings. The number of hydrogen-bond donors (Lipinski definition) is 1. The first kappa shape index (κ1) is 33.7. The van der Waals surface area contributed by atoms with Crippen LogP contribution in [0.5, 0.6) is 0 Å². The number of rotatable bonds is 11. The first-order chi connectivity index (χ1) is 21.2. The monoisotopic (exact) mass is 645 g/mol. The molecule has 45 heavy (non-hydrogen) atoms. The van der Waals surface area contributed by atoms with Crippen molar-refractivity contribution in [3.05, 3.63) is 130 Å². The number of anilines is 1. The molecule has 0 unspecified atom stereocenters. The molecule has 2 amide bonds. The van der Waals surface area contributed by atoms with E-state index in [1.54, 1.807) is 30.3 Å². The third-order valence-electron chi connectivity index (χ3n) is 7.23. The number of carbonyl (C=O) groups excluding carboxylic acids is 2. The van der Waals surface area contributed by atoms with Crippen LogP contribution < -0.4 is 9.62 Å². The Kier molecular flexibility index (Phi) is 10.7. The predicted octanol–water partition coefficient (Wildman–Crippen LogP) is 6.71. The van der Waals surface area contributed by atoms with Gasteiger partial charge < -0.3 is 10.2 Å². The highest BCUT2D eigenvalue weighted by molar-refractivity contribution is 7.92. The topological polar surface area (TPSA) is 86.8 Å². The molecule has 0 aliphatic carbocycles. The zero-order valence-electron chi connectivity index (χ0n) is 26.3. The normalized spacial score (nSPS) is 12.3. The van der Waals surface area contributed by atoms with Gasteiger partial charge in [-0.05, 0) is 76.1 Å². The summed E-state index contributed by atoms with van der Waals surface area (Å²) in [6.45, 7) is 9.04. The smallest absolute Gasteiger partial charge is 0.264 e.